The van der Waals surface area contributed by atoms with E-state index in [0.29, 0.717) is 0 Å². The molecule has 12 heavy (non-hydrogen) atoms. The minimum absolute atomic E-state index is 0.139. The Morgan fingerprint density at radius 1 is 1.58 bits per heavy atom. The molecule has 0 aromatic rings. The summed E-state index contributed by atoms with van der Waals surface area (Å²) in [5, 5.41) is 8.72. The van der Waals surface area contributed by atoms with Gasteiger partial charge in [-0.2, -0.15) is 0 Å². The fourth-order valence-corrected chi connectivity index (χ4v) is 1.71. The maximum Gasteiger partial charge on any atom is 0.307 e. The van der Waals surface area contributed by atoms with Crippen molar-refractivity contribution in [3.63, 3.8) is 0 Å². The van der Waals surface area contributed by atoms with E-state index in [-0.39, 0.29) is 17.2 Å². The summed E-state index contributed by atoms with van der Waals surface area (Å²) < 4.78 is 12.4. The highest BCUT2D eigenvalue weighted by Crippen LogP contribution is 2.59. The lowest BCUT2D eigenvalue weighted by Crippen LogP contribution is -2.02. The van der Waals surface area contributed by atoms with Crippen molar-refractivity contribution < 1.29 is 14.3 Å². The Labute approximate surface area is 71.1 Å². The molecular formula is C9H13FO2. The lowest BCUT2D eigenvalue weighted by Gasteiger charge is -1.96. The van der Waals surface area contributed by atoms with Gasteiger partial charge in [0.25, 0.3) is 0 Å². The van der Waals surface area contributed by atoms with E-state index in [9.17, 15) is 9.18 Å². The second-order valence-electron chi connectivity index (χ2n) is 3.92. The molecule has 0 saturated heterocycles. The van der Waals surface area contributed by atoms with Crippen LogP contribution >= 0.6 is 0 Å². The van der Waals surface area contributed by atoms with Crippen molar-refractivity contribution >= 4 is 5.97 Å². The average molecular weight is 172 g/mol. The van der Waals surface area contributed by atoms with Gasteiger partial charge < -0.3 is 5.11 Å². The highest BCUT2D eigenvalue weighted by molar-refractivity contribution is 5.76. The Hall–Kier alpha value is -0.860. The molecule has 0 heterocycles. The molecule has 1 saturated carbocycles. The number of aliphatic carboxylic acids is 1. The van der Waals surface area contributed by atoms with Crippen molar-refractivity contribution in [2.45, 2.75) is 20.8 Å². The number of carboxylic acid groups (broad SMARTS) is 1. The van der Waals surface area contributed by atoms with Crippen molar-refractivity contribution in [2.24, 2.45) is 17.3 Å². The van der Waals surface area contributed by atoms with Crippen LogP contribution in [0.2, 0.25) is 0 Å². The van der Waals surface area contributed by atoms with Crippen molar-refractivity contribution in [2.75, 3.05) is 0 Å². The summed E-state index contributed by atoms with van der Waals surface area (Å²) in [5.41, 5.74) is -0.279. The first kappa shape index (κ1) is 9.23. The largest absolute Gasteiger partial charge is 0.481 e. The molecule has 2 nitrogen and oxygen atoms in total. The Bertz CT molecular complexity index is 239. The molecule has 0 bridgehead atoms. The summed E-state index contributed by atoms with van der Waals surface area (Å²) in [6, 6.07) is 0. The summed E-state index contributed by atoms with van der Waals surface area (Å²) in [5.74, 6) is -1.68. The van der Waals surface area contributed by atoms with Gasteiger partial charge in [-0.1, -0.05) is 13.8 Å². The quantitative estimate of drug-likeness (QED) is 0.693. The lowest BCUT2D eigenvalue weighted by molar-refractivity contribution is -0.139. The molecule has 0 radical (unpaired) electrons. The molecule has 2 atom stereocenters. The van der Waals surface area contributed by atoms with E-state index in [0.717, 1.165) is 0 Å². The molecular weight excluding hydrogens is 159 g/mol. The number of rotatable bonds is 2. The average Bonchev–Trinajstić information content (AvgIpc) is 2.32. The molecule has 0 aromatic carbocycles. The van der Waals surface area contributed by atoms with E-state index in [1.54, 1.807) is 0 Å². The number of hydrogen-bond donors (Lipinski definition) is 1. The van der Waals surface area contributed by atoms with E-state index >= 15 is 0 Å². The molecule has 0 unspecified atom stereocenters. The Morgan fingerprint density at radius 2 is 2.08 bits per heavy atom. The maximum absolute atomic E-state index is 12.4. The summed E-state index contributed by atoms with van der Waals surface area (Å²) in [6.45, 7) is 5.03. The van der Waals surface area contributed by atoms with Crippen LogP contribution in [0.1, 0.15) is 20.8 Å². The zero-order valence-corrected chi connectivity index (χ0v) is 7.47. The Balaban J connectivity index is 2.73. The number of carboxylic acids is 1. The summed E-state index contributed by atoms with van der Waals surface area (Å²) >= 11 is 0. The molecule has 1 aliphatic rings. The molecule has 1 aliphatic carbocycles. The van der Waals surface area contributed by atoms with Crippen LogP contribution in [0.5, 0.6) is 0 Å². The van der Waals surface area contributed by atoms with Gasteiger partial charge in [0, 0.05) is 0 Å². The first-order chi connectivity index (χ1) is 5.37. The van der Waals surface area contributed by atoms with E-state index in [1.165, 1.54) is 13.0 Å². The van der Waals surface area contributed by atoms with Gasteiger partial charge in [0.15, 0.2) is 0 Å². The second kappa shape index (κ2) is 2.57. The highest BCUT2D eigenvalue weighted by Gasteiger charge is 2.60. The van der Waals surface area contributed by atoms with Gasteiger partial charge >= 0.3 is 5.97 Å². The number of hydrogen-bond acceptors (Lipinski definition) is 1. The predicted molar refractivity (Wildman–Crippen MR) is 43.3 cm³/mol. The van der Waals surface area contributed by atoms with Gasteiger partial charge in [-0.3, -0.25) is 4.79 Å². The van der Waals surface area contributed by atoms with Gasteiger partial charge in [0.05, 0.1) is 11.7 Å². The number of carbonyl (C=O) groups is 1. The Morgan fingerprint density at radius 3 is 2.33 bits per heavy atom. The standard InChI is InChI=1S/C9H13FO2/c1-5(10)4-6-7(8(11)12)9(6,2)3/h4,6-7H,1-3H3,(H,11,12)/t6-,7-/m0/s1. The van der Waals surface area contributed by atoms with Crippen molar-refractivity contribution in [1.82, 2.24) is 0 Å². The third-order valence-electron chi connectivity index (χ3n) is 2.59. The van der Waals surface area contributed by atoms with Gasteiger partial charge in [0.2, 0.25) is 0 Å². The fourth-order valence-electron chi connectivity index (χ4n) is 1.71. The smallest absolute Gasteiger partial charge is 0.307 e. The third kappa shape index (κ3) is 1.36. The van der Waals surface area contributed by atoms with Crippen LogP contribution in [0, 0.1) is 17.3 Å². The van der Waals surface area contributed by atoms with Crippen molar-refractivity contribution in [3.05, 3.63) is 11.9 Å². The van der Waals surface area contributed by atoms with Crippen molar-refractivity contribution in [1.29, 1.82) is 0 Å². The van der Waals surface area contributed by atoms with Gasteiger partial charge in [-0.15, -0.1) is 0 Å². The molecule has 1 fully saturated rings. The molecule has 1 rings (SSSR count). The fraction of sp³-hybridized carbons (Fsp3) is 0.667. The predicted octanol–water partition coefficient (Wildman–Crippen LogP) is 2.22. The normalized spacial score (nSPS) is 33.2. The molecule has 0 aromatic heterocycles. The van der Waals surface area contributed by atoms with E-state index in [1.807, 2.05) is 13.8 Å². The Kier molecular flexibility index (Phi) is 1.98. The first-order valence-corrected chi connectivity index (χ1v) is 3.94. The van der Waals surface area contributed by atoms with Crippen LogP contribution in [0.4, 0.5) is 4.39 Å². The minimum Gasteiger partial charge on any atom is -0.481 e. The zero-order valence-electron chi connectivity index (χ0n) is 7.47. The molecule has 0 spiro atoms. The van der Waals surface area contributed by atoms with E-state index in [2.05, 4.69) is 0 Å². The number of halogens is 1. The minimum atomic E-state index is -0.831. The number of allylic oxidation sites excluding steroid dienone is 2. The van der Waals surface area contributed by atoms with Crippen LogP contribution in [-0.4, -0.2) is 11.1 Å². The molecule has 3 heteroatoms. The molecule has 1 N–H and O–H groups in total. The van der Waals surface area contributed by atoms with E-state index < -0.39 is 11.9 Å². The van der Waals surface area contributed by atoms with Crippen LogP contribution in [0.3, 0.4) is 0 Å². The second-order valence-corrected chi connectivity index (χ2v) is 3.92. The van der Waals surface area contributed by atoms with Crippen LogP contribution in [0.15, 0.2) is 11.9 Å². The topological polar surface area (TPSA) is 37.3 Å². The monoisotopic (exact) mass is 172 g/mol. The van der Waals surface area contributed by atoms with Gasteiger partial charge in [-0.05, 0) is 24.3 Å². The highest BCUT2D eigenvalue weighted by atomic mass is 19.1. The van der Waals surface area contributed by atoms with Crippen LogP contribution < -0.4 is 0 Å². The first-order valence-electron chi connectivity index (χ1n) is 3.94. The SMILES string of the molecule is CC(F)=C[C@H]1[C@@H](C(=O)O)C1(C)C. The molecule has 0 amide bonds. The van der Waals surface area contributed by atoms with Crippen LogP contribution in [0.25, 0.3) is 0 Å². The summed E-state index contributed by atoms with van der Waals surface area (Å²) in [4.78, 5) is 10.6. The van der Waals surface area contributed by atoms with Gasteiger partial charge in [-0.25, -0.2) is 4.39 Å². The molecule has 0 aliphatic heterocycles. The molecule has 68 valence electrons. The third-order valence-corrected chi connectivity index (χ3v) is 2.59. The maximum atomic E-state index is 12.4. The lowest BCUT2D eigenvalue weighted by atomic mass is 10.1. The van der Waals surface area contributed by atoms with Gasteiger partial charge in [0.1, 0.15) is 0 Å². The zero-order chi connectivity index (χ0) is 9.52. The van der Waals surface area contributed by atoms with Crippen LogP contribution in [-0.2, 0) is 4.79 Å². The summed E-state index contributed by atoms with van der Waals surface area (Å²) in [7, 11) is 0. The van der Waals surface area contributed by atoms with E-state index in [4.69, 9.17) is 5.11 Å². The van der Waals surface area contributed by atoms with Crippen molar-refractivity contribution in [3.8, 4) is 0 Å². The summed E-state index contributed by atoms with van der Waals surface area (Å²) in [6.07, 6.45) is 1.40.